The maximum absolute atomic E-state index is 14.4. The zero-order valence-corrected chi connectivity index (χ0v) is 22.0. The van der Waals surface area contributed by atoms with Gasteiger partial charge >= 0.3 is 0 Å². The number of rotatable bonds is 5. The first kappa shape index (κ1) is 23.9. The predicted octanol–water partition coefficient (Wildman–Crippen LogP) is 5.90. The number of carbonyl (C=O) groups excluding carboxylic acids is 1. The summed E-state index contributed by atoms with van der Waals surface area (Å²) < 4.78 is 7.06. The lowest BCUT2D eigenvalue weighted by Gasteiger charge is -2.47. The summed E-state index contributed by atoms with van der Waals surface area (Å²) >= 11 is 3.68. The zero-order chi connectivity index (χ0) is 23.7. The molecule has 5 rings (SSSR count). The molecule has 0 aromatic heterocycles. The Balaban J connectivity index is 1.46. The fraction of sp³-hybridized carbons (Fsp3) is 0.552. The maximum atomic E-state index is 14.4. The highest BCUT2D eigenvalue weighted by atomic mass is 79.9. The molecule has 0 bridgehead atoms. The summed E-state index contributed by atoms with van der Waals surface area (Å²) in [6, 6.07) is 17.5. The van der Waals surface area contributed by atoms with Crippen LogP contribution in [-0.4, -0.2) is 43.1 Å². The molecule has 2 saturated heterocycles. The summed E-state index contributed by atoms with van der Waals surface area (Å²) in [6.45, 7) is 7.67. The Morgan fingerprint density at radius 3 is 2.74 bits per heavy atom. The van der Waals surface area contributed by atoms with E-state index in [1.165, 1.54) is 11.1 Å². The molecule has 182 valence electrons. The molecule has 0 aliphatic carbocycles. The highest BCUT2D eigenvalue weighted by Crippen LogP contribution is 2.49. The van der Waals surface area contributed by atoms with Crippen molar-refractivity contribution in [2.45, 2.75) is 63.3 Å². The largest absolute Gasteiger partial charge is 0.492 e. The quantitative estimate of drug-likeness (QED) is 0.529. The monoisotopic (exact) mass is 524 g/mol. The maximum Gasteiger partial charge on any atom is 0.228 e. The van der Waals surface area contributed by atoms with E-state index < -0.39 is 0 Å². The van der Waals surface area contributed by atoms with E-state index in [-0.39, 0.29) is 11.3 Å². The number of hydrogen-bond acceptors (Lipinski definition) is 3. The third kappa shape index (κ3) is 4.09. The summed E-state index contributed by atoms with van der Waals surface area (Å²) in [5.41, 5.74) is 2.42. The molecule has 1 amide bonds. The van der Waals surface area contributed by atoms with Crippen LogP contribution in [0.1, 0.15) is 63.0 Å². The van der Waals surface area contributed by atoms with Gasteiger partial charge in [-0.15, -0.1) is 0 Å². The Morgan fingerprint density at radius 2 is 1.97 bits per heavy atom. The lowest BCUT2D eigenvalue weighted by atomic mass is 9.68. The highest BCUT2D eigenvalue weighted by Gasteiger charge is 2.53. The fourth-order valence-corrected chi connectivity index (χ4v) is 7.40. The summed E-state index contributed by atoms with van der Waals surface area (Å²) in [7, 11) is 0. The molecule has 2 aromatic carbocycles. The molecule has 5 heteroatoms. The first-order valence-electron chi connectivity index (χ1n) is 13.1. The van der Waals surface area contributed by atoms with E-state index in [1.807, 2.05) is 6.07 Å². The van der Waals surface area contributed by atoms with Crippen molar-refractivity contribution in [3.63, 3.8) is 0 Å². The summed E-state index contributed by atoms with van der Waals surface area (Å²) in [4.78, 5) is 16.7. The van der Waals surface area contributed by atoms with E-state index in [0.717, 1.165) is 62.0 Å². The fourth-order valence-electron chi connectivity index (χ4n) is 6.92. The SMILES string of the molecule is CCC(CC)C1CC(c2ccccc2)CCN1C(=O)C1CNCC12CCOc1c(Br)cccc12. The number of piperidine rings is 1. The van der Waals surface area contributed by atoms with Gasteiger partial charge in [0.15, 0.2) is 0 Å². The summed E-state index contributed by atoms with van der Waals surface area (Å²) in [5.74, 6) is 2.30. The van der Waals surface area contributed by atoms with Gasteiger partial charge in [0.1, 0.15) is 5.75 Å². The number of likely N-dealkylation sites (tertiary alicyclic amines) is 1. The molecule has 3 aliphatic rings. The van der Waals surface area contributed by atoms with E-state index in [9.17, 15) is 4.79 Å². The van der Waals surface area contributed by atoms with Gasteiger partial charge in [0.25, 0.3) is 0 Å². The molecule has 0 saturated carbocycles. The molecule has 2 fully saturated rings. The zero-order valence-electron chi connectivity index (χ0n) is 20.4. The van der Waals surface area contributed by atoms with E-state index >= 15 is 0 Å². The van der Waals surface area contributed by atoms with Crippen LogP contribution < -0.4 is 10.1 Å². The summed E-state index contributed by atoms with van der Waals surface area (Å²) in [5, 5.41) is 3.60. The molecular weight excluding hydrogens is 488 g/mol. The van der Waals surface area contributed by atoms with Crippen LogP contribution in [0.5, 0.6) is 5.75 Å². The first-order valence-corrected chi connectivity index (χ1v) is 13.9. The van der Waals surface area contributed by atoms with Crippen LogP contribution in [0.25, 0.3) is 0 Å². The van der Waals surface area contributed by atoms with Gasteiger partial charge in [-0.2, -0.15) is 0 Å². The van der Waals surface area contributed by atoms with E-state index in [4.69, 9.17) is 4.74 Å². The number of carbonyl (C=O) groups is 1. The van der Waals surface area contributed by atoms with Gasteiger partial charge in [0.2, 0.25) is 5.91 Å². The minimum Gasteiger partial charge on any atom is -0.492 e. The van der Waals surface area contributed by atoms with Gasteiger partial charge in [-0.3, -0.25) is 4.79 Å². The number of para-hydroxylation sites is 1. The number of benzene rings is 2. The standard InChI is InChI=1S/C29H37BrN2O2/c1-3-20(4-2)26-17-22(21-9-6-5-7-10-21)13-15-32(26)28(33)24-18-31-19-29(24)14-16-34-27-23(29)11-8-12-25(27)30/h5-12,20,22,24,26,31H,3-4,13-19H2,1-2H3. The molecule has 4 nitrogen and oxygen atoms in total. The Hall–Kier alpha value is -1.85. The normalized spacial score (nSPS) is 28.7. The minimum atomic E-state index is -0.191. The molecular formula is C29H37BrN2O2. The number of ether oxygens (including phenoxy) is 1. The van der Waals surface area contributed by atoms with Crippen molar-refractivity contribution in [1.82, 2.24) is 10.2 Å². The van der Waals surface area contributed by atoms with E-state index in [2.05, 4.69) is 82.5 Å². The third-order valence-electron chi connectivity index (χ3n) is 8.84. The summed E-state index contributed by atoms with van der Waals surface area (Å²) in [6.07, 6.45) is 5.23. The van der Waals surface area contributed by atoms with Crippen LogP contribution in [-0.2, 0) is 10.2 Å². The smallest absolute Gasteiger partial charge is 0.228 e. The third-order valence-corrected chi connectivity index (χ3v) is 9.47. The number of amides is 1. The molecule has 1 spiro atoms. The Bertz CT molecular complexity index is 1010. The second-order valence-electron chi connectivity index (χ2n) is 10.4. The molecule has 4 atom stereocenters. The van der Waals surface area contributed by atoms with Crippen LogP contribution in [0, 0.1) is 11.8 Å². The topological polar surface area (TPSA) is 41.6 Å². The van der Waals surface area contributed by atoms with Gasteiger partial charge in [0, 0.05) is 36.7 Å². The number of nitrogens with zero attached hydrogens (tertiary/aromatic N) is 1. The molecule has 3 heterocycles. The van der Waals surface area contributed by atoms with Crippen molar-refractivity contribution < 1.29 is 9.53 Å². The van der Waals surface area contributed by atoms with Gasteiger partial charge in [-0.1, -0.05) is 69.2 Å². The molecule has 2 aromatic rings. The molecule has 4 unspecified atom stereocenters. The van der Waals surface area contributed by atoms with Crippen LogP contribution in [0.4, 0.5) is 0 Å². The number of nitrogens with one attached hydrogen (secondary N) is 1. The van der Waals surface area contributed by atoms with Crippen molar-refractivity contribution in [3.05, 3.63) is 64.1 Å². The lowest BCUT2D eigenvalue weighted by molar-refractivity contribution is -0.142. The van der Waals surface area contributed by atoms with Crippen molar-refractivity contribution >= 4 is 21.8 Å². The van der Waals surface area contributed by atoms with Crippen molar-refractivity contribution in [2.24, 2.45) is 11.8 Å². The van der Waals surface area contributed by atoms with Crippen LogP contribution in [0.15, 0.2) is 53.0 Å². The lowest BCUT2D eigenvalue weighted by Crippen LogP contribution is -2.55. The predicted molar refractivity (Wildman–Crippen MR) is 140 cm³/mol. The van der Waals surface area contributed by atoms with Crippen LogP contribution in [0.3, 0.4) is 0 Å². The van der Waals surface area contributed by atoms with Gasteiger partial charge < -0.3 is 15.0 Å². The Kier molecular flexibility index (Phi) is 7.04. The van der Waals surface area contributed by atoms with Crippen LogP contribution >= 0.6 is 15.9 Å². The minimum absolute atomic E-state index is 0.0467. The first-order chi connectivity index (χ1) is 16.6. The second kappa shape index (κ2) is 10.0. The van der Waals surface area contributed by atoms with Crippen molar-refractivity contribution in [1.29, 1.82) is 0 Å². The average Bonchev–Trinajstić information content (AvgIpc) is 3.29. The number of halogens is 1. The van der Waals surface area contributed by atoms with Gasteiger partial charge in [-0.05, 0) is 58.7 Å². The van der Waals surface area contributed by atoms with Gasteiger partial charge in [0.05, 0.1) is 17.0 Å². The molecule has 34 heavy (non-hydrogen) atoms. The van der Waals surface area contributed by atoms with Gasteiger partial charge in [-0.25, -0.2) is 0 Å². The molecule has 1 N–H and O–H groups in total. The van der Waals surface area contributed by atoms with E-state index in [1.54, 1.807) is 0 Å². The Labute approximate surface area is 212 Å². The number of hydrogen-bond donors (Lipinski definition) is 1. The average molecular weight is 526 g/mol. The molecule has 0 radical (unpaired) electrons. The molecule has 3 aliphatic heterocycles. The van der Waals surface area contributed by atoms with Crippen molar-refractivity contribution in [2.75, 3.05) is 26.2 Å². The van der Waals surface area contributed by atoms with Crippen LogP contribution in [0.2, 0.25) is 0 Å². The number of fused-ring (bicyclic) bond motifs is 2. The second-order valence-corrected chi connectivity index (χ2v) is 11.2. The van der Waals surface area contributed by atoms with E-state index in [0.29, 0.717) is 30.4 Å². The Morgan fingerprint density at radius 1 is 1.18 bits per heavy atom. The highest BCUT2D eigenvalue weighted by molar-refractivity contribution is 9.10. The van der Waals surface area contributed by atoms with Crippen molar-refractivity contribution in [3.8, 4) is 5.75 Å².